The molecule has 0 saturated heterocycles. The Bertz CT molecular complexity index is 843. The third-order valence-corrected chi connectivity index (χ3v) is 4.30. The number of anilines is 1. The highest BCUT2D eigenvalue weighted by Crippen LogP contribution is 2.33. The lowest BCUT2D eigenvalue weighted by atomic mass is 9.95. The maximum Gasteiger partial charge on any atom is 0.229 e. The summed E-state index contributed by atoms with van der Waals surface area (Å²) in [5.41, 5.74) is 4.53. The highest BCUT2D eigenvalue weighted by molar-refractivity contribution is 6.04. The molecule has 3 heterocycles. The Balaban J connectivity index is 1.95. The third-order valence-electron chi connectivity index (χ3n) is 4.30. The smallest absolute Gasteiger partial charge is 0.229 e. The summed E-state index contributed by atoms with van der Waals surface area (Å²) in [4.78, 5) is 15.3. The van der Waals surface area contributed by atoms with Crippen molar-refractivity contribution < 1.29 is 9.52 Å². The molecular weight excluding hydrogens is 280 g/mol. The summed E-state index contributed by atoms with van der Waals surface area (Å²) in [5, 5.41) is 10.1. The second-order valence-corrected chi connectivity index (χ2v) is 5.78. The zero-order valence-corrected chi connectivity index (χ0v) is 12.5. The number of furan rings is 1. The van der Waals surface area contributed by atoms with E-state index in [9.17, 15) is 0 Å². The quantitative estimate of drug-likeness (QED) is 0.798. The van der Waals surface area contributed by atoms with E-state index in [0.29, 0.717) is 23.7 Å². The van der Waals surface area contributed by atoms with Crippen molar-refractivity contribution in [2.24, 2.45) is 0 Å². The molecule has 22 heavy (non-hydrogen) atoms. The fourth-order valence-corrected chi connectivity index (χ4v) is 3.14. The molecule has 3 aromatic rings. The van der Waals surface area contributed by atoms with Crippen LogP contribution in [0.3, 0.4) is 0 Å². The Hall–Kier alpha value is -2.21. The summed E-state index contributed by atoms with van der Waals surface area (Å²) in [6.07, 6.45) is 6.05. The normalized spacial score (nSPS) is 14.5. The molecule has 1 aliphatic rings. The number of aromatic nitrogens is 3. The first-order chi connectivity index (χ1) is 10.8. The van der Waals surface area contributed by atoms with Gasteiger partial charge in [0.05, 0.1) is 12.0 Å². The van der Waals surface area contributed by atoms with Gasteiger partial charge in [-0.2, -0.15) is 0 Å². The average molecular weight is 298 g/mol. The first-order valence-corrected chi connectivity index (χ1v) is 7.66. The summed E-state index contributed by atoms with van der Waals surface area (Å²) in [6, 6.07) is 2.17. The fourth-order valence-electron chi connectivity index (χ4n) is 3.14. The van der Waals surface area contributed by atoms with Gasteiger partial charge >= 0.3 is 0 Å². The standard InChI is InChI=1S/C16H18N4O2/c1-20(6-7-21)15-14-13(17-9-18-15)11-8-10-4-2-3-5-12(10)19-16(11)22-14/h8-9,21H,2-7H2,1H3. The molecule has 3 aromatic heterocycles. The van der Waals surface area contributed by atoms with Crippen LogP contribution in [0.5, 0.6) is 0 Å². The van der Waals surface area contributed by atoms with Crippen molar-refractivity contribution in [3.63, 3.8) is 0 Å². The minimum Gasteiger partial charge on any atom is -0.432 e. The van der Waals surface area contributed by atoms with Crippen molar-refractivity contribution in [1.82, 2.24) is 15.0 Å². The zero-order valence-electron chi connectivity index (χ0n) is 12.5. The number of aliphatic hydroxyl groups is 1. The number of fused-ring (bicyclic) bond motifs is 4. The maximum absolute atomic E-state index is 9.13. The minimum atomic E-state index is 0.0643. The van der Waals surface area contributed by atoms with Gasteiger partial charge in [-0.25, -0.2) is 15.0 Å². The number of aliphatic hydroxyl groups excluding tert-OH is 1. The number of pyridine rings is 1. The Morgan fingerprint density at radius 3 is 3.00 bits per heavy atom. The second-order valence-electron chi connectivity index (χ2n) is 5.78. The van der Waals surface area contributed by atoms with Gasteiger partial charge in [-0.3, -0.25) is 0 Å². The van der Waals surface area contributed by atoms with Crippen LogP contribution in [0, 0.1) is 0 Å². The molecule has 6 nitrogen and oxygen atoms in total. The molecule has 1 aliphatic carbocycles. The van der Waals surface area contributed by atoms with E-state index in [1.807, 2.05) is 11.9 Å². The van der Waals surface area contributed by atoms with Crippen LogP contribution in [0.25, 0.3) is 22.2 Å². The molecule has 6 heteroatoms. The monoisotopic (exact) mass is 298 g/mol. The van der Waals surface area contributed by atoms with Crippen LogP contribution in [0.15, 0.2) is 16.8 Å². The molecule has 0 atom stereocenters. The van der Waals surface area contributed by atoms with Crippen molar-refractivity contribution in [3.05, 3.63) is 23.7 Å². The highest BCUT2D eigenvalue weighted by atomic mass is 16.3. The van der Waals surface area contributed by atoms with Crippen LogP contribution in [0.4, 0.5) is 5.82 Å². The first-order valence-electron chi connectivity index (χ1n) is 7.66. The predicted molar refractivity (Wildman–Crippen MR) is 84.1 cm³/mol. The molecule has 114 valence electrons. The summed E-state index contributed by atoms with van der Waals surface area (Å²) < 4.78 is 5.96. The second kappa shape index (κ2) is 5.21. The van der Waals surface area contributed by atoms with E-state index in [1.165, 1.54) is 18.4 Å². The molecule has 0 amide bonds. The summed E-state index contributed by atoms with van der Waals surface area (Å²) in [5.74, 6) is 0.690. The molecule has 0 aliphatic heterocycles. The number of likely N-dealkylation sites (N-methyl/N-ethyl adjacent to an activating group) is 1. The highest BCUT2D eigenvalue weighted by Gasteiger charge is 2.19. The molecule has 0 spiro atoms. The van der Waals surface area contributed by atoms with Gasteiger partial charge in [0.15, 0.2) is 11.4 Å². The van der Waals surface area contributed by atoms with E-state index in [0.717, 1.165) is 29.4 Å². The fraction of sp³-hybridized carbons (Fsp3) is 0.438. The summed E-state index contributed by atoms with van der Waals surface area (Å²) in [6.45, 7) is 0.557. The van der Waals surface area contributed by atoms with Gasteiger partial charge in [0.2, 0.25) is 5.71 Å². The molecule has 0 fully saturated rings. The third kappa shape index (κ3) is 2.02. The molecular formula is C16H18N4O2. The SMILES string of the molecule is CN(CCO)c1ncnc2c1oc1nc3c(cc12)CCCC3. The van der Waals surface area contributed by atoms with Crippen LogP contribution in [-0.2, 0) is 12.8 Å². The van der Waals surface area contributed by atoms with E-state index in [4.69, 9.17) is 14.5 Å². The summed E-state index contributed by atoms with van der Waals surface area (Å²) in [7, 11) is 1.88. The Labute approximate surface area is 127 Å². The maximum atomic E-state index is 9.13. The predicted octanol–water partition coefficient (Wildman–Crippen LogP) is 2.08. The van der Waals surface area contributed by atoms with E-state index >= 15 is 0 Å². The van der Waals surface area contributed by atoms with Gasteiger partial charge in [-0.1, -0.05) is 0 Å². The van der Waals surface area contributed by atoms with Crippen LogP contribution in [-0.4, -0.2) is 40.3 Å². The lowest BCUT2D eigenvalue weighted by molar-refractivity contribution is 0.304. The molecule has 4 rings (SSSR count). The molecule has 0 saturated carbocycles. The van der Waals surface area contributed by atoms with Gasteiger partial charge < -0.3 is 14.4 Å². The van der Waals surface area contributed by atoms with Gasteiger partial charge in [0, 0.05) is 19.3 Å². The zero-order chi connectivity index (χ0) is 15.1. The minimum absolute atomic E-state index is 0.0643. The van der Waals surface area contributed by atoms with Gasteiger partial charge in [-0.15, -0.1) is 0 Å². The van der Waals surface area contributed by atoms with E-state index in [-0.39, 0.29) is 6.61 Å². The molecule has 0 aromatic carbocycles. The van der Waals surface area contributed by atoms with Crippen molar-refractivity contribution in [2.75, 3.05) is 25.1 Å². The molecule has 0 unspecified atom stereocenters. The van der Waals surface area contributed by atoms with Crippen molar-refractivity contribution in [1.29, 1.82) is 0 Å². The number of nitrogens with zero attached hydrogens (tertiary/aromatic N) is 4. The van der Waals surface area contributed by atoms with Crippen molar-refractivity contribution >= 4 is 28.0 Å². The Morgan fingerprint density at radius 2 is 2.14 bits per heavy atom. The number of hydrogen-bond acceptors (Lipinski definition) is 6. The van der Waals surface area contributed by atoms with Gasteiger partial charge in [0.25, 0.3) is 0 Å². The van der Waals surface area contributed by atoms with Crippen molar-refractivity contribution in [2.45, 2.75) is 25.7 Å². The van der Waals surface area contributed by atoms with Gasteiger partial charge in [-0.05, 0) is 37.3 Å². The summed E-state index contributed by atoms with van der Waals surface area (Å²) >= 11 is 0. The topological polar surface area (TPSA) is 75.3 Å². The van der Waals surface area contributed by atoms with Gasteiger partial charge in [0.1, 0.15) is 11.8 Å². The molecule has 1 N–H and O–H groups in total. The number of hydrogen-bond donors (Lipinski definition) is 1. The molecule has 0 bridgehead atoms. The molecule has 0 radical (unpaired) electrons. The van der Waals surface area contributed by atoms with E-state index < -0.39 is 0 Å². The van der Waals surface area contributed by atoms with E-state index in [1.54, 1.807) is 6.33 Å². The van der Waals surface area contributed by atoms with E-state index in [2.05, 4.69) is 16.0 Å². The first kappa shape index (κ1) is 13.5. The number of aryl methyl sites for hydroxylation is 2. The van der Waals surface area contributed by atoms with Crippen LogP contribution in [0.2, 0.25) is 0 Å². The number of rotatable bonds is 3. The largest absolute Gasteiger partial charge is 0.432 e. The Kier molecular flexibility index (Phi) is 3.18. The van der Waals surface area contributed by atoms with Crippen molar-refractivity contribution in [3.8, 4) is 0 Å². The van der Waals surface area contributed by atoms with Crippen LogP contribution >= 0.6 is 0 Å². The Morgan fingerprint density at radius 1 is 1.27 bits per heavy atom. The van der Waals surface area contributed by atoms with Crippen LogP contribution in [0.1, 0.15) is 24.1 Å². The average Bonchev–Trinajstić information content (AvgIpc) is 2.90. The van der Waals surface area contributed by atoms with Crippen LogP contribution < -0.4 is 4.90 Å². The lowest BCUT2D eigenvalue weighted by Crippen LogP contribution is -2.22. The lowest BCUT2D eigenvalue weighted by Gasteiger charge is -2.15.